The third kappa shape index (κ3) is 3.73. The molecule has 2 heterocycles. The van der Waals surface area contributed by atoms with Crippen LogP contribution >= 0.6 is 11.8 Å². The molecular weight excluding hydrogens is 404 g/mol. The number of nitriles is 1. The Morgan fingerprint density at radius 1 is 1.20 bits per heavy atom. The second kappa shape index (κ2) is 8.21. The summed E-state index contributed by atoms with van der Waals surface area (Å²) in [5.41, 5.74) is 1.16. The van der Waals surface area contributed by atoms with Crippen molar-refractivity contribution in [1.82, 2.24) is 9.78 Å². The molecule has 1 aliphatic rings. The molecule has 4 nitrogen and oxygen atoms in total. The summed E-state index contributed by atoms with van der Waals surface area (Å²) < 4.78 is 37.3. The van der Waals surface area contributed by atoms with Crippen LogP contribution in [0.25, 0.3) is 11.3 Å². The predicted octanol–water partition coefficient (Wildman–Crippen LogP) is 5.48. The van der Waals surface area contributed by atoms with Gasteiger partial charge in [0.15, 0.2) is 0 Å². The Bertz CT molecular complexity index is 1110. The number of ether oxygens (including phenoxy) is 1. The summed E-state index contributed by atoms with van der Waals surface area (Å²) in [6.45, 7) is 2.25. The molecule has 3 aromatic rings. The van der Waals surface area contributed by atoms with Crippen LogP contribution in [0.1, 0.15) is 25.3 Å². The van der Waals surface area contributed by atoms with Crippen molar-refractivity contribution in [3.05, 3.63) is 65.9 Å². The molecule has 1 saturated heterocycles. The molecule has 0 saturated carbocycles. The second-order valence-corrected chi connectivity index (χ2v) is 8.62. The predicted molar refractivity (Wildman–Crippen MR) is 111 cm³/mol. The van der Waals surface area contributed by atoms with Crippen LogP contribution in [0.15, 0.2) is 58.5 Å². The molecule has 0 spiro atoms. The fraction of sp³-hybridized carbons (Fsp3) is 0.304. The van der Waals surface area contributed by atoms with Gasteiger partial charge in [0.1, 0.15) is 11.6 Å². The number of aromatic nitrogens is 2. The van der Waals surface area contributed by atoms with Gasteiger partial charge in [0.05, 0.1) is 28.2 Å². The van der Waals surface area contributed by atoms with Gasteiger partial charge in [-0.1, -0.05) is 30.0 Å². The maximum atomic E-state index is 15.5. The third-order valence-corrected chi connectivity index (χ3v) is 6.62. The molecule has 0 amide bonds. The molecule has 154 valence electrons. The van der Waals surface area contributed by atoms with Gasteiger partial charge >= 0.3 is 0 Å². The standard InChI is InChI=1S/C23H21F2N3OS/c1-15-13-23(14-26,10-12-29-15)18-7-8-19(24)22(21(18)25)30-17-5-3-16(4-6-17)20-9-11-27-28(20)2/h3-9,11,15H,10,12-13H2,1-2H3/t15-,23-/m0/s1. The average molecular weight is 426 g/mol. The highest BCUT2D eigenvalue weighted by molar-refractivity contribution is 7.99. The summed E-state index contributed by atoms with van der Waals surface area (Å²) in [4.78, 5) is 0.622. The van der Waals surface area contributed by atoms with Gasteiger partial charge < -0.3 is 4.74 Å². The Labute approximate surface area is 178 Å². The Morgan fingerprint density at radius 2 is 1.97 bits per heavy atom. The van der Waals surface area contributed by atoms with E-state index in [0.29, 0.717) is 24.3 Å². The fourth-order valence-corrected chi connectivity index (χ4v) is 4.83. The van der Waals surface area contributed by atoms with Gasteiger partial charge in [-0.15, -0.1) is 0 Å². The van der Waals surface area contributed by atoms with E-state index >= 15 is 4.39 Å². The van der Waals surface area contributed by atoms with Crippen LogP contribution in [0.5, 0.6) is 0 Å². The van der Waals surface area contributed by atoms with Gasteiger partial charge in [0.2, 0.25) is 0 Å². The largest absolute Gasteiger partial charge is 0.378 e. The van der Waals surface area contributed by atoms with Crippen molar-refractivity contribution in [2.45, 2.75) is 41.1 Å². The van der Waals surface area contributed by atoms with Crippen molar-refractivity contribution in [3.63, 3.8) is 0 Å². The average Bonchev–Trinajstić information content (AvgIpc) is 3.17. The van der Waals surface area contributed by atoms with Crippen molar-refractivity contribution in [1.29, 1.82) is 5.26 Å². The highest BCUT2D eigenvalue weighted by Crippen LogP contribution is 2.42. The number of hydrogen-bond donors (Lipinski definition) is 0. The van der Waals surface area contributed by atoms with Gasteiger partial charge in [-0.2, -0.15) is 10.4 Å². The lowest BCUT2D eigenvalue weighted by molar-refractivity contribution is 0.00272. The van der Waals surface area contributed by atoms with Crippen LogP contribution in [-0.4, -0.2) is 22.5 Å². The Hall–Kier alpha value is -2.69. The first-order valence-electron chi connectivity index (χ1n) is 9.71. The molecule has 0 radical (unpaired) electrons. The minimum Gasteiger partial charge on any atom is -0.378 e. The van der Waals surface area contributed by atoms with E-state index in [1.165, 1.54) is 12.1 Å². The van der Waals surface area contributed by atoms with Crippen LogP contribution in [0.2, 0.25) is 0 Å². The fourth-order valence-electron chi connectivity index (χ4n) is 3.96. The van der Waals surface area contributed by atoms with Crippen LogP contribution in [-0.2, 0) is 17.2 Å². The molecule has 7 heteroatoms. The molecule has 30 heavy (non-hydrogen) atoms. The number of aryl methyl sites for hydroxylation is 1. The SMILES string of the molecule is C[C@H]1C[C@@](C#N)(c2ccc(F)c(Sc3ccc(-c4ccnn4C)cc3)c2F)CCO1. The van der Waals surface area contributed by atoms with Crippen LogP contribution in [0.4, 0.5) is 8.78 Å². The van der Waals surface area contributed by atoms with Gasteiger partial charge in [0, 0.05) is 30.3 Å². The number of hydrogen-bond acceptors (Lipinski definition) is 4. The van der Waals surface area contributed by atoms with Gasteiger partial charge in [-0.05, 0) is 49.6 Å². The van der Waals surface area contributed by atoms with Crippen LogP contribution in [0.3, 0.4) is 0 Å². The highest BCUT2D eigenvalue weighted by Gasteiger charge is 2.40. The van der Waals surface area contributed by atoms with Crippen molar-refractivity contribution in [2.75, 3.05) is 6.61 Å². The summed E-state index contributed by atoms with van der Waals surface area (Å²) in [7, 11) is 1.86. The highest BCUT2D eigenvalue weighted by atomic mass is 32.2. The minimum absolute atomic E-state index is 0.0884. The third-order valence-electron chi connectivity index (χ3n) is 5.54. The Balaban J connectivity index is 1.66. The molecule has 1 aromatic heterocycles. The molecule has 4 rings (SSSR count). The first kappa shape index (κ1) is 20.6. The number of benzene rings is 2. The number of nitrogens with zero attached hydrogens (tertiary/aromatic N) is 3. The summed E-state index contributed by atoms with van der Waals surface area (Å²) in [5, 5.41) is 14.0. The summed E-state index contributed by atoms with van der Waals surface area (Å²) in [5.74, 6) is -1.29. The molecule has 0 bridgehead atoms. The van der Waals surface area contributed by atoms with Gasteiger partial charge in [-0.25, -0.2) is 8.78 Å². The quantitative estimate of drug-likeness (QED) is 0.556. The molecule has 2 aromatic carbocycles. The van der Waals surface area contributed by atoms with E-state index in [4.69, 9.17) is 4.74 Å². The lowest BCUT2D eigenvalue weighted by Crippen LogP contribution is -2.37. The molecule has 0 unspecified atom stereocenters. The van der Waals surface area contributed by atoms with Crippen LogP contribution < -0.4 is 0 Å². The first-order valence-corrected chi connectivity index (χ1v) is 10.5. The van der Waals surface area contributed by atoms with E-state index in [1.54, 1.807) is 10.9 Å². The zero-order valence-corrected chi connectivity index (χ0v) is 17.5. The molecule has 2 atom stereocenters. The van der Waals surface area contributed by atoms with Crippen molar-refractivity contribution >= 4 is 11.8 Å². The van der Waals surface area contributed by atoms with Crippen molar-refractivity contribution in [3.8, 4) is 17.3 Å². The van der Waals surface area contributed by atoms with E-state index in [2.05, 4.69) is 11.2 Å². The van der Waals surface area contributed by atoms with E-state index in [1.807, 2.05) is 44.3 Å². The zero-order valence-electron chi connectivity index (χ0n) is 16.7. The maximum absolute atomic E-state index is 15.5. The monoisotopic (exact) mass is 425 g/mol. The normalized spacial score (nSPS) is 21.4. The summed E-state index contributed by atoms with van der Waals surface area (Å²) >= 11 is 1.03. The lowest BCUT2D eigenvalue weighted by atomic mass is 9.73. The maximum Gasteiger partial charge on any atom is 0.144 e. The zero-order chi connectivity index (χ0) is 21.3. The van der Waals surface area contributed by atoms with Crippen LogP contribution in [0, 0.1) is 23.0 Å². The Kier molecular flexibility index (Phi) is 5.63. The molecular formula is C23H21F2N3OS. The molecule has 0 aliphatic carbocycles. The Morgan fingerprint density at radius 3 is 2.60 bits per heavy atom. The molecule has 1 fully saturated rings. The van der Waals surface area contributed by atoms with E-state index in [-0.39, 0.29) is 16.6 Å². The van der Waals surface area contributed by atoms with Gasteiger partial charge in [0.25, 0.3) is 0 Å². The second-order valence-electron chi connectivity index (χ2n) is 7.53. The van der Waals surface area contributed by atoms with Crippen molar-refractivity contribution in [2.24, 2.45) is 7.05 Å². The minimum atomic E-state index is -1.01. The first-order chi connectivity index (χ1) is 14.4. The summed E-state index contributed by atoms with van der Waals surface area (Å²) in [6, 6.07) is 14.3. The van der Waals surface area contributed by atoms with E-state index in [9.17, 15) is 9.65 Å². The number of halogens is 2. The lowest BCUT2D eigenvalue weighted by Gasteiger charge is -2.35. The molecule has 1 aliphatic heterocycles. The van der Waals surface area contributed by atoms with E-state index < -0.39 is 17.0 Å². The smallest absolute Gasteiger partial charge is 0.144 e. The molecule has 0 N–H and O–H groups in total. The summed E-state index contributed by atoms with van der Waals surface area (Å²) in [6.07, 6.45) is 2.34. The van der Waals surface area contributed by atoms with E-state index in [0.717, 1.165) is 23.0 Å². The topological polar surface area (TPSA) is 50.8 Å². The van der Waals surface area contributed by atoms with Gasteiger partial charge in [-0.3, -0.25) is 4.68 Å². The van der Waals surface area contributed by atoms with Crippen molar-refractivity contribution < 1.29 is 13.5 Å². The number of rotatable bonds is 4.